The van der Waals surface area contributed by atoms with Crippen LogP contribution in [0.3, 0.4) is 0 Å². The molecule has 4 unspecified atom stereocenters. The van der Waals surface area contributed by atoms with Crippen molar-refractivity contribution in [2.75, 3.05) is 5.33 Å². The monoisotopic (exact) mass is 299 g/mol. The summed E-state index contributed by atoms with van der Waals surface area (Å²) < 4.78 is 0. The smallest absolute Gasteiger partial charge is 0.329 e. The SMILES string of the molecule is O=C(CBr)ON1C(=O)C2C3C=CC(C3)C2C1=O. The number of allylic oxidation sites excluding steroid dienone is 2. The third kappa shape index (κ3) is 1.40. The van der Waals surface area contributed by atoms with Gasteiger partial charge < -0.3 is 4.84 Å². The molecule has 0 aromatic rings. The molecule has 2 aliphatic carbocycles. The quantitative estimate of drug-likeness (QED) is 0.427. The van der Waals surface area contributed by atoms with E-state index in [1.807, 2.05) is 12.2 Å². The highest BCUT2D eigenvalue weighted by molar-refractivity contribution is 9.09. The highest BCUT2D eigenvalue weighted by Gasteiger charge is 2.60. The van der Waals surface area contributed by atoms with Gasteiger partial charge in [-0.1, -0.05) is 28.1 Å². The summed E-state index contributed by atoms with van der Waals surface area (Å²) >= 11 is 2.92. The number of hydrogen-bond donors (Lipinski definition) is 0. The maximum absolute atomic E-state index is 12.0. The van der Waals surface area contributed by atoms with Gasteiger partial charge in [-0.3, -0.25) is 9.59 Å². The second-order valence-corrected chi connectivity index (χ2v) is 5.13. The first-order chi connectivity index (χ1) is 8.13. The van der Waals surface area contributed by atoms with Crippen LogP contribution in [0.25, 0.3) is 0 Å². The van der Waals surface area contributed by atoms with Gasteiger partial charge in [-0.25, -0.2) is 4.79 Å². The zero-order chi connectivity index (χ0) is 12.2. The Balaban J connectivity index is 1.85. The average molecular weight is 300 g/mol. The molecule has 90 valence electrons. The van der Waals surface area contributed by atoms with E-state index in [9.17, 15) is 14.4 Å². The Kier molecular flexibility index (Phi) is 2.36. The van der Waals surface area contributed by atoms with Gasteiger partial charge in [-0.2, -0.15) is 0 Å². The van der Waals surface area contributed by atoms with Crippen LogP contribution in [0.2, 0.25) is 0 Å². The molecule has 0 radical (unpaired) electrons. The summed E-state index contributed by atoms with van der Waals surface area (Å²) in [6.45, 7) is 0. The van der Waals surface area contributed by atoms with E-state index in [0.29, 0.717) is 5.06 Å². The lowest BCUT2D eigenvalue weighted by molar-refractivity contribution is -0.197. The highest BCUT2D eigenvalue weighted by atomic mass is 79.9. The van der Waals surface area contributed by atoms with Crippen LogP contribution in [-0.2, 0) is 19.2 Å². The minimum absolute atomic E-state index is 0.0372. The van der Waals surface area contributed by atoms with Crippen molar-refractivity contribution in [1.82, 2.24) is 5.06 Å². The van der Waals surface area contributed by atoms with Gasteiger partial charge in [0, 0.05) is 0 Å². The Bertz CT molecular complexity index is 417. The lowest BCUT2D eigenvalue weighted by Crippen LogP contribution is -2.35. The molecule has 0 spiro atoms. The molecule has 3 rings (SSSR count). The van der Waals surface area contributed by atoms with Crippen LogP contribution in [0.5, 0.6) is 0 Å². The molecule has 0 aromatic heterocycles. The Morgan fingerprint density at radius 1 is 1.29 bits per heavy atom. The molecular weight excluding hydrogens is 290 g/mol. The molecule has 4 atom stereocenters. The maximum Gasteiger partial charge on any atom is 0.343 e. The summed E-state index contributed by atoms with van der Waals surface area (Å²) in [7, 11) is 0. The van der Waals surface area contributed by atoms with E-state index in [-0.39, 0.29) is 40.8 Å². The van der Waals surface area contributed by atoms with Gasteiger partial charge >= 0.3 is 5.97 Å². The Hall–Kier alpha value is -1.17. The van der Waals surface area contributed by atoms with Crippen molar-refractivity contribution in [3.8, 4) is 0 Å². The minimum atomic E-state index is -0.632. The van der Waals surface area contributed by atoms with Crippen molar-refractivity contribution in [3.63, 3.8) is 0 Å². The molecule has 1 heterocycles. The molecule has 2 amide bonds. The lowest BCUT2D eigenvalue weighted by Gasteiger charge is -2.14. The van der Waals surface area contributed by atoms with Crippen LogP contribution >= 0.6 is 15.9 Å². The van der Waals surface area contributed by atoms with Gasteiger partial charge in [0.05, 0.1) is 11.8 Å². The summed E-state index contributed by atoms with van der Waals surface area (Å²) in [5.41, 5.74) is 0. The topological polar surface area (TPSA) is 63.7 Å². The molecule has 17 heavy (non-hydrogen) atoms. The van der Waals surface area contributed by atoms with Gasteiger partial charge in [-0.15, -0.1) is 5.06 Å². The number of alkyl halides is 1. The van der Waals surface area contributed by atoms with Crippen LogP contribution < -0.4 is 0 Å². The van der Waals surface area contributed by atoms with E-state index in [1.54, 1.807) is 0 Å². The van der Waals surface area contributed by atoms with Crippen LogP contribution in [-0.4, -0.2) is 28.2 Å². The summed E-state index contributed by atoms with van der Waals surface area (Å²) in [6, 6.07) is 0. The zero-order valence-corrected chi connectivity index (χ0v) is 10.4. The fraction of sp³-hybridized carbons (Fsp3) is 0.545. The molecule has 3 aliphatic rings. The predicted molar refractivity (Wildman–Crippen MR) is 59.5 cm³/mol. The number of carbonyl (C=O) groups is 3. The van der Waals surface area contributed by atoms with Crippen molar-refractivity contribution in [2.45, 2.75) is 6.42 Å². The number of nitrogens with zero attached hydrogens (tertiary/aromatic N) is 1. The highest BCUT2D eigenvalue weighted by Crippen LogP contribution is 2.52. The average Bonchev–Trinajstić information content (AvgIpc) is 2.98. The molecule has 0 aromatic carbocycles. The standard InChI is InChI=1S/C11H10BrNO4/c12-4-7(14)17-13-10(15)8-5-1-2-6(3-5)9(8)11(13)16/h1-2,5-6,8-9H,3-4H2. The van der Waals surface area contributed by atoms with Gasteiger partial charge in [0.15, 0.2) is 0 Å². The maximum atomic E-state index is 12.0. The largest absolute Gasteiger partial charge is 0.343 e. The Morgan fingerprint density at radius 3 is 2.29 bits per heavy atom. The normalized spacial score (nSPS) is 37.8. The van der Waals surface area contributed by atoms with Crippen molar-refractivity contribution in [3.05, 3.63) is 12.2 Å². The van der Waals surface area contributed by atoms with Crippen molar-refractivity contribution in [1.29, 1.82) is 0 Å². The molecule has 1 saturated carbocycles. The van der Waals surface area contributed by atoms with Gasteiger partial charge in [0.25, 0.3) is 11.8 Å². The molecular formula is C11H10BrNO4. The Labute approximate surface area is 106 Å². The van der Waals surface area contributed by atoms with Crippen LogP contribution in [0.4, 0.5) is 0 Å². The number of amides is 2. The lowest BCUT2D eigenvalue weighted by atomic mass is 9.85. The number of hydrogen-bond acceptors (Lipinski definition) is 4. The Morgan fingerprint density at radius 2 is 1.82 bits per heavy atom. The van der Waals surface area contributed by atoms with Crippen molar-refractivity contribution >= 4 is 33.7 Å². The van der Waals surface area contributed by atoms with Crippen LogP contribution in [0, 0.1) is 23.7 Å². The second-order valence-electron chi connectivity index (χ2n) is 4.57. The van der Waals surface area contributed by atoms with Crippen LogP contribution in [0.1, 0.15) is 6.42 Å². The number of hydroxylamine groups is 2. The molecule has 2 bridgehead atoms. The minimum Gasteiger partial charge on any atom is -0.329 e. The summed E-state index contributed by atoms with van der Waals surface area (Å²) in [6.07, 6.45) is 4.85. The molecule has 5 nitrogen and oxygen atoms in total. The van der Waals surface area contributed by atoms with E-state index >= 15 is 0 Å². The predicted octanol–water partition coefficient (Wildman–Crippen LogP) is 0.647. The number of fused-ring (bicyclic) bond motifs is 5. The molecule has 1 saturated heterocycles. The van der Waals surface area contributed by atoms with Crippen LogP contribution in [0.15, 0.2) is 12.2 Å². The third-order valence-electron chi connectivity index (χ3n) is 3.73. The van der Waals surface area contributed by atoms with Gasteiger partial charge in [-0.05, 0) is 18.3 Å². The molecule has 0 N–H and O–H groups in total. The number of halogens is 1. The first-order valence-electron chi connectivity index (χ1n) is 5.46. The summed E-state index contributed by atoms with van der Waals surface area (Å²) in [4.78, 5) is 39.9. The number of carbonyl (C=O) groups excluding carboxylic acids is 3. The summed E-state index contributed by atoms with van der Waals surface area (Å²) in [5.74, 6) is -1.74. The molecule has 2 fully saturated rings. The summed E-state index contributed by atoms with van der Waals surface area (Å²) in [5, 5.41) is 0.621. The zero-order valence-electron chi connectivity index (χ0n) is 8.84. The van der Waals surface area contributed by atoms with Gasteiger partial charge in [0.2, 0.25) is 0 Å². The molecule has 6 heteroatoms. The van der Waals surface area contributed by atoms with Crippen molar-refractivity contribution < 1.29 is 19.2 Å². The van der Waals surface area contributed by atoms with Gasteiger partial charge in [0.1, 0.15) is 5.33 Å². The first-order valence-corrected chi connectivity index (χ1v) is 6.58. The van der Waals surface area contributed by atoms with E-state index in [0.717, 1.165) is 6.42 Å². The molecule has 1 aliphatic heterocycles. The first kappa shape index (κ1) is 11.0. The van der Waals surface area contributed by atoms with E-state index in [2.05, 4.69) is 15.9 Å². The van der Waals surface area contributed by atoms with Crippen molar-refractivity contribution in [2.24, 2.45) is 23.7 Å². The fourth-order valence-electron chi connectivity index (χ4n) is 3.09. The number of rotatable bonds is 2. The van der Waals surface area contributed by atoms with E-state index in [1.165, 1.54) is 0 Å². The fourth-order valence-corrected chi connectivity index (χ4v) is 3.19. The van der Waals surface area contributed by atoms with E-state index < -0.39 is 5.97 Å². The third-order valence-corrected chi connectivity index (χ3v) is 4.19. The second kappa shape index (κ2) is 3.66. The number of imide groups is 1. The van der Waals surface area contributed by atoms with E-state index in [4.69, 9.17) is 4.84 Å².